The molecule has 0 spiro atoms. The summed E-state index contributed by atoms with van der Waals surface area (Å²) in [5.41, 5.74) is 12.9. The van der Waals surface area contributed by atoms with Crippen molar-refractivity contribution in [3.8, 4) is 62.0 Å². The van der Waals surface area contributed by atoms with Gasteiger partial charge in [0.25, 0.3) is 0 Å². The van der Waals surface area contributed by atoms with Crippen molar-refractivity contribution in [3.63, 3.8) is 0 Å². The number of hydrogen-bond donors (Lipinski definition) is 1. The SMILES string of the molecule is Oc1ccccc1-c1nc2c(-c3cc(-c4ccccc4)cc(-c4cc5c6ccccc6n(-c6ccccc6)c5cn4)c3)cccc2n1-c1ccccc1. The van der Waals surface area contributed by atoms with E-state index in [0.717, 1.165) is 72.3 Å². The number of phenolic OH excluding ortho intramolecular Hbond substituents is 1. The second-order valence-corrected chi connectivity index (χ2v) is 13.2. The maximum absolute atomic E-state index is 11.0. The number of fused-ring (bicyclic) bond motifs is 4. The van der Waals surface area contributed by atoms with Gasteiger partial charge in [-0.2, -0.15) is 0 Å². The molecule has 7 aromatic carbocycles. The van der Waals surface area contributed by atoms with Crippen molar-refractivity contribution in [1.82, 2.24) is 19.1 Å². The summed E-state index contributed by atoms with van der Waals surface area (Å²) in [6.45, 7) is 0. The Kier molecular flexibility index (Phi) is 7.22. The molecule has 1 N–H and O–H groups in total. The molecule has 3 heterocycles. The number of benzene rings is 7. The van der Waals surface area contributed by atoms with Gasteiger partial charge >= 0.3 is 0 Å². The molecular formula is C48H32N4O. The quantitative estimate of drug-likeness (QED) is 0.190. The lowest BCUT2D eigenvalue weighted by molar-refractivity contribution is 0.477. The summed E-state index contributed by atoms with van der Waals surface area (Å²) in [6, 6.07) is 62.4. The first kappa shape index (κ1) is 30.6. The third kappa shape index (κ3) is 5.17. The van der Waals surface area contributed by atoms with Crippen LogP contribution in [-0.2, 0) is 0 Å². The van der Waals surface area contributed by atoms with E-state index in [-0.39, 0.29) is 5.75 Å². The zero-order chi connectivity index (χ0) is 35.3. The van der Waals surface area contributed by atoms with Crippen LogP contribution in [0.4, 0.5) is 0 Å². The van der Waals surface area contributed by atoms with Crippen LogP contribution in [0, 0.1) is 0 Å². The van der Waals surface area contributed by atoms with Crippen molar-refractivity contribution in [3.05, 3.63) is 188 Å². The predicted molar refractivity (Wildman–Crippen MR) is 217 cm³/mol. The molecule has 10 aromatic rings. The highest BCUT2D eigenvalue weighted by Gasteiger charge is 2.21. The van der Waals surface area contributed by atoms with Gasteiger partial charge in [-0.05, 0) is 89.5 Å². The van der Waals surface area contributed by atoms with E-state index >= 15 is 0 Å². The highest BCUT2D eigenvalue weighted by atomic mass is 16.3. The van der Waals surface area contributed by atoms with E-state index in [2.05, 4.69) is 137 Å². The first-order chi connectivity index (χ1) is 26.2. The average Bonchev–Trinajstić information content (AvgIpc) is 3.78. The summed E-state index contributed by atoms with van der Waals surface area (Å²) >= 11 is 0. The average molecular weight is 681 g/mol. The summed E-state index contributed by atoms with van der Waals surface area (Å²) in [6.07, 6.45) is 2.01. The molecule has 0 saturated heterocycles. The van der Waals surface area contributed by atoms with Crippen molar-refractivity contribution >= 4 is 32.8 Å². The van der Waals surface area contributed by atoms with Crippen molar-refractivity contribution in [1.29, 1.82) is 0 Å². The van der Waals surface area contributed by atoms with Gasteiger partial charge in [-0.25, -0.2) is 4.98 Å². The number of hydrogen-bond acceptors (Lipinski definition) is 3. The van der Waals surface area contributed by atoms with Crippen LogP contribution in [-0.4, -0.2) is 24.2 Å². The number of imidazole rings is 1. The van der Waals surface area contributed by atoms with Crippen molar-refractivity contribution in [2.24, 2.45) is 0 Å². The van der Waals surface area contributed by atoms with Gasteiger partial charge in [-0.3, -0.25) is 9.55 Å². The zero-order valence-corrected chi connectivity index (χ0v) is 28.6. The topological polar surface area (TPSA) is 55.9 Å². The molecule has 0 atom stereocenters. The highest BCUT2D eigenvalue weighted by Crippen LogP contribution is 2.40. The minimum atomic E-state index is 0.185. The smallest absolute Gasteiger partial charge is 0.149 e. The monoisotopic (exact) mass is 680 g/mol. The fourth-order valence-electron chi connectivity index (χ4n) is 7.62. The Hall–Kier alpha value is -7.24. The van der Waals surface area contributed by atoms with Crippen LogP contribution in [0.1, 0.15) is 0 Å². The second-order valence-electron chi connectivity index (χ2n) is 13.2. The largest absolute Gasteiger partial charge is 0.507 e. The van der Waals surface area contributed by atoms with Gasteiger partial charge in [0.15, 0.2) is 0 Å². The molecule has 0 aliphatic heterocycles. The summed E-state index contributed by atoms with van der Waals surface area (Å²) in [7, 11) is 0. The molecule has 10 rings (SSSR count). The van der Waals surface area contributed by atoms with Crippen molar-refractivity contribution in [2.75, 3.05) is 0 Å². The third-order valence-electron chi connectivity index (χ3n) is 10.1. The molecule has 0 unspecified atom stereocenters. The molecule has 0 fully saturated rings. The number of nitrogens with zero attached hydrogens (tertiary/aromatic N) is 4. The first-order valence-electron chi connectivity index (χ1n) is 17.7. The number of pyridine rings is 1. The molecule has 0 aliphatic rings. The van der Waals surface area contributed by atoms with Crippen LogP contribution in [0.3, 0.4) is 0 Å². The Balaban J connectivity index is 1.21. The van der Waals surface area contributed by atoms with Gasteiger partial charge in [0.2, 0.25) is 0 Å². The molecule has 0 radical (unpaired) electrons. The van der Waals surface area contributed by atoms with Crippen LogP contribution in [0.25, 0.3) is 89.1 Å². The lowest BCUT2D eigenvalue weighted by Crippen LogP contribution is -1.97. The summed E-state index contributed by atoms with van der Waals surface area (Å²) < 4.78 is 4.42. The summed E-state index contributed by atoms with van der Waals surface area (Å²) in [5.74, 6) is 0.864. The van der Waals surface area contributed by atoms with Crippen molar-refractivity contribution in [2.45, 2.75) is 0 Å². The molecule has 5 nitrogen and oxygen atoms in total. The predicted octanol–water partition coefficient (Wildman–Crippen LogP) is 11.9. The number of rotatable bonds is 6. The standard InChI is InChI=1S/C48H32N4O/c53-46-26-13-11-22-40(46)48-50-47-38(23-14-25-44(47)52(48)37-19-8-3-9-20-37)34-27-33(32-15-4-1-5-16-32)28-35(29-34)42-30-41-39-21-10-12-24-43(39)51(45(41)31-49-42)36-17-6-2-7-18-36/h1-31,53H. The summed E-state index contributed by atoms with van der Waals surface area (Å²) in [4.78, 5) is 10.4. The third-order valence-corrected chi connectivity index (χ3v) is 10.1. The molecule has 5 heteroatoms. The highest BCUT2D eigenvalue weighted by molar-refractivity contribution is 6.10. The molecular weight excluding hydrogens is 649 g/mol. The summed E-state index contributed by atoms with van der Waals surface area (Å²) in [5, 5.41) is 13.4. The second kappa shape index (κ2) is 12.5. The van der Waals surface area contributed by atoms with Crippen LogP contribution >= 0.6 is 0 Å². The molecule has 0 amide bonds. The first-order valence-corrected chi connectivity index (χ1v) is 17.7. The van der Waals surface area contributed by atoms with Gasteiger partial charge in [-0.15, -0.1) is 0 Å². The van der Waals surface area contributed by atoms with E-state index in [1.807, 2.05) is 54.7 Å². The van der Waals surface area contributed by atoms with Gasteiger partial charge in [0.1, 0.15) is 11.6 Å². The molecule has 250 valence electrons. The van der Waals surface area contributed by atoms with Crippen LogP contribution < -0.4 is 0 Å². The van der Waals surface area contributed by atoms with E-state index in [0.29, 0.717) is 11.4 Å². The van der Waals surface area contributed by atoms with Gasteiger partial charge in [0.05, 0.1) is 39.5 Å². The van der Waals surface area contributed by atoms with Crippen molar-refractivity contribution < 1.29 is 5.11 Å². The van der Waals surface area contributed by atoms with Crippen LogP contribution in [0.5, 0.6) is 5.75 Å². The van der Waals surface area contributed by atoms with E-state index in [9.17, 15) is 5.11 Å². The maximum Gasteiger partial charge on any atom is 0.149 e. The lowest BCUT2D eigenvalue weighted by atomic mass is 9.94. The Labute approximate surface area is 306 Å². The Morgan fingerprint density at radius 3 is 1.79 bits per heavy atom. The molecule has 0 bridgehead atoms. The van der Waals surface area contributed by atoms with Gasteiger partial charge in [0, 0.05) is 33.3 Å². The maximum atomic E-state index is 11.0. The number of aromatic nitrogens is 4. The normalized spacial score (nSPS) is 11.5. The Bertz CT molecular complexity index is 2950. The number of phenols is 1. The van der Waals surface area contributed by atoms with Gasteiger partial charge < -0.3 is 9.67 Å². The Morgan fingerprint density at radius 1 is 0.415 bits per heavy atom. The van der Waals surface area contributed by atoms with E-state index in [1.54, 1.807) is 6.07 Å². The number of para-hydroxylation sites is 5. The van der Waals surface area contributed by atoms with E-state index < -0.39 is 0 Å². The van der Waals surface area contributed by atoms with Gasteiger partial charge in [-0.1, -0.05) is 109 Å². The lowest BCUT2D eigenvalue weighted by Gasteiger charge is -2.12. The number of aromatic hydroxyl groups is 1. The molecule has 3 aromatic heterocycles. The molecule has 0 saturated carbocycles. The van der Waals surface area contributed by atoms with E-state index in [4.69, 9.17) is 9.97 Å². The van der Waals surface area contributed by atoms with Crippen LogP contribution in [0.2, 0.25) is 0 Å². The van der Waals surface area contributed by atoms with Crippen LogP contribution in [0.15, 0.2) is 188 Å². The molecule has 0 aliphatic carbocycles. The molecule has 53 heavy (non-hydrogen) atoms. The minimum absolute atomic E-state index is 0.185. The fourth-order valence-corrected chi connectivity index (χ4v) is 7.62. The Morgan fingerprint density at radius 2 is 1.02 bits per heavy atom. The zero-order valence-electron chi connectivity index (χ0n) is 28.6. The minimum Gasteiger partial charge on any atom is -0.507 e. The van der Waals surface area contributed by atoms with E-state index in [1.165, 1.54) is 5.39 Å². The fraction of sp³-hybridized carbons (Fsp3) is 0.